The van der Waals surface area contributed by atoms with Crippen LogP contribution >= 0.6 is 0 Å². The molecule has 0 unspecified atom stereocenters. The van der Waals surface area contributed by atoms with E-state index in [9.17, 15) is 4.79 Å². The predicted molar refractivity (Wildman–Crippen MR) is 140 cm³/mol. The number of aromatic nitrogens is 2. The molecule has 4 nitrogen and oxygen atoms in total. The van der Waals surface area contributed by atoms with Crippen molar-refractivity contribution < 1.29 is 9.53 Å². The molecule has 0 spiro atoms. The summed E-state index contributed by atoms with van der Waals surface area (Å²) in [6.45, 7) is 2.74. The number of hydrogen-bond donors (Lipinski definition) is 0. The van der Waals surface area contributed by atoms with Crippen LogP contribution in [0.2, 0.25) is 0 Å². The Morgan fingerprint density at radius 1 is 0.853 bits per heavy atom. The Labute approximate surface area is 206 Å². The molecule has 1 aromatic heterocycles. The van der Waals surface area contributed by atoms with Gasteiger partial charge in [-0.15, -0.1) is 0 Å². The summed E-state index contributed by atoms with van der Waals surface area (Å²) >= 11 is 0. The molecule has 0 amide bonds. The van der Waals surface area contributed by atoms with Gasteiger partial charge in [-0.25, -0.2) is 14.8 Å². The molecule has 1 fully saturated rings. The first-order valence-corrected chi connectivity index (χ1v) is 13.8. The standard InChI is InChI=1S/C30H44N2O2/c1-2-3-4-6-10-17-26-23-31-29(32-24-26)27-18-20-28(21-19-27)30(33)34-22-13-8-5-7-9-14-25-15-11-12-16-25/h18-21,23-25H,2-17,22H2,1H3. The Kier molecular flexibility index (Phi) is 12.1. The van der Waals surface area contributed by atoms with Crippen LogP contribution in [0.1, 0.15) is 119 Å². The number of hydrogen-bond acceptors (Lipinski definition) is 4. The minimum atomic E-state index is -0.243. The highest BCUT2D eigenvalue weighted by Crippen LogP contribution is 2.29. The molecule has 1 aliphatic rings. The Bertz CT molecular complexity index is 811. The summed E-state index contributed by atoms with van der Waals surface area (Å²) in [6, 6.07) is 7.43. The van der Waals surface area contributed by atoms with Crippen molar-refractivity contribution in [1.29, 1.82) is 0 Å². The number of aryl methyl sites for hydroxylation is 1. The van der Waals surface area contributed by atoms with Crippen LogP contribution in [0.4, 0.5) is 0 Å². The minimum Gasteiger partial charge on any atom is -0.462 e. The van der Waals surface area contributed by atoms with Crippen molar-refractivity contribution >= 4 is 5.97 Å². The average molecular weight is 465 g/mol. The van der Waals surface area contributed by atoms with Gasteiger partial charge in [0, 0.05) is 18.0 Å². The number of benzene rings is 1. The zero-order valence-corrected chi connectivity index (χ0v) is 21.3. The summed E-state index contributed by atoms with van der Waals surface area (Å²) in [4.78, 5) is 21.4. The fraction of sp³-hybridized carbons (Fsp3) is 0.633. The molecule has 4 heteroatoms. The number of ether oxygens (including phenoxy) is 1. The van der Waals surface area contributed by atoms with Crippen LogP contribution in [0.25, 0.3) is 11.4 Å². The predicted octanol–water partition coefficient (Wildman–Crippen LogP) is 8.34. The fourth-order valence-electron chi connectivity index (χ4n) is 4.93. The molecule has 0 N–H and O–H groups in total. The van der Waals surface area contributed by atoms with Gasteiger partial charge < -0.3 is 4.74 Å². The maximum atomic E-state index is 12.3. The molecule has 0 radical (unpaired) electrons. The van der Waals surface area contributed by atoms with E-state index in [0.717, 1.165) is 30.7 Å². The van der Waals surface area contributed by atoms with Crippen LogP contribution in [-0.2, 0) is 11.2 Å². The number of unbranched alkanes of at least 4 members (excludes halogenated alkanes) is 8. The summed E-state index contributed by atoms with van der Waals surface area (Å²) in [5.74, 6) is 1.46. The van der Waals surface area contributed by atoms with Crippen LogP contribution in [0.5, 0.6) is 0 Å². The zero-order valence-electron chi connectivity index (χ0n) is 21.3. The van der Waals surface area contributed by atoms with Crippen molar-refractivity contribution in [3.63, 3.8) is 0 Å². The van der Waals surface area contributed by atoms with Crippen molar-refractivity contribution in [3.8, 4) is 11.4 Å². The summed E-state index contributed by atoms with van der Waals surface area (Å²) in [6.07, 6.45) is 24.5. The van der Waals surface area contributed by atoms with Gasteiger partial charge in [-0.3, -0.25) is 0 Å². The van der Waals surface area contributed by atoms with E-state index in [4.69, 9.17) is 4.74 Å². The van der Waals surface area contributed by atoms with Crippen molar-refractivity contribution in [1.82, 2.24) is 9.97 Å². The second kappa shape index (κ2) is 15.6. The SMILES string of the molecule is CCCCCCCc1cnc(-c2ccc(C(=O)OCCCCCCCC3CCCC3)cc2)nc1. The van der Waals surface area contributed by atoms with Gasteiger partial charge in [0.1, 0.15) is 0 Å². The molecule has 3 rings (SSSR count). The van der Waals surface area contributed by atoms with E-state index in [-0.39, 0.29) is 5.97 Å². The molecule has 0 atom stereocenters. The highest BCUT2D eigenvalue weighted by molar-refractivity contribution is 5.89. The van der Waals surface area contributed by atoms with Crippen molar-refractivity contribution in [3.05, 3.63) is 47.8 Å². The normalized spacial score (nSPS) is 13.9. The monoisotopic (exact) mass is 464 g/mol. The lowest BCUT2D eigenvalue weighted by Gasteiger charge is -2.08. The van der Waals surface area contributed by atoms with E-state index in [0.29, 0.717) is 18.0 Å². The Morgan fingerprint density at radius 3 is 2.24 bits per heavy atom. The van der Waals surface area contributed by atoms with Crippen molar-refractivity contribution in [2.45, 2.75) is 110 Å². The largest absolute Gasteiger partial charge is 0.462 e. The summed E-state index contributed by atoms with van der Waals surface area (Å²) in [5.41, 5.74) is 2.70. The number of carbonyl (C=O) groups is 1. The lowest BCUT2D eigenvalue weighted by atomic mass is 9.99. The van der Waals surface area contributed by atoms with Crippen LogP contribution in [-0.4, -0.2) is 22.5 Å². The van der Waals surface area contributed by atoms with Gasteiger partial charge in [-0.05, 0) is 42.9 Å². The second-order valence-electron chi connectivity index (χ2n) is 10.00. The Hall–Kier alpha value is -2.23. The molecule has 0 bridgehead atoms. The van der Waals surface area contributed by atoms with Gasteiger partial charge in [0.05, 0.1) is 12.2 Å². The smallest absolute Gasteiger partial charge is 0.338 e. The van der Waals surface area contributed by atoms with Gasteiger partial charge in [-0.1, -0.05) is 103 Å². The van der Waals surface area contributed by atoms with Gasteiger partial charge in [-0.2, -0.15) is 0 Å². The Morgan fingerprint density at radius 2 is 1.50 bits per heavy atom. The topological polar surface area (TPSA) is 52.1 Å². The maximum absolute atomic E-state index is 12.3. The van der Waals surface area contributed by atoms with E-state index in [2.05, 4.69) is 16.9 Å². The summed E-state index contributed by atoms with van der Waals surface area (Å²) < 4.78 is 5.47. The minimum absolute atomic E-state index is 0.243. The van der Waals surface area contributed by atoms with E-state index in [1.807, 2.05) is 36.7 Å². The van der Waals surface area contributed by atoms with E-state index >= 15 is 0 Å². The van der Waals surface area contributed by atoms with Gasteiger partial charge in [0.2, 0.25) is 0 Å². The summed E-state index contributed by atoms with van der Waals surface area (Å²) in [7, 11) is 0. The van der Waals surface area contributed by atoms with Crippen LogP contribution < -0.4 is 0 Å². The van der Waals surface area contributed by atoms with Crippen LogP contribution in [0.3, 0.4) is 0 Å². The molecule has 2 aromatic rings. The maximum Gasteiger partial charge on any atom is 0.338 e. The van der Waals surface area contributed by atoms with Gasteiger partial charge >= 0.3 is 5.97 Å². The molecule has 1 heterocycles. The number of esters is 1. The highest BCUT2D eigenvalue weighted by atomic mass is 16.5. The van der Waals surface area contributed by atoms with Gasteiger partial charge in [0.25, 0.3) is 0 Å². The van der Waals surface area contributed by atoms with Gasteiger partial charge in [0.15, 0.2) is 5.82 Å². The first kappa shape index (κ1) is 26.4. The molecule has 1 saturated carbocycles. The molecular formula is C30H44N2O2. The lowest BCUT2D eigenvalue weighted by molar-refractivity contribution is 0.0497. The molecule has 1 aliphatic carbocycles. The quantitative estimate of drug-likeness (QED) is 0.185. The number of nitrogens with zero attached hydrogens (tertiary/aromatic N) is 2. The third kappa shape index (κ3) is 9.56. The molecule has 0 saturated heterocycles. The third-order valence-corrected chi connectivity index (χ3v) is 7.12. The number of rotatable bonds is 16. The number of carbonyl (C=O) groups excluding carboxylic acids is 1. The lowest BCUT2D eigenvalue weighted by Crippen LogP contribution is -2.06. The zero-order chi connectivity index (χ0) is 23.8. The molecule has 0 aliphatic heterocycles. The second-order valence-corrected chi connectivity index (χ2v) is 10.00. The van der Waals surface area contributed by atoms with E-state index in [1.54, 1.807) is 0 Å². The van der Waals surface area contributed by atoms with Crippen molar-refractivity contribution in [2.75, 3.05) is 6.61 Å². The summed E-state index contributed by atoms with van der Waals surface area (Å²) in [5, 5.41) is 0. The third-order valence-electron chi connectivity index (χ3n) is 7.12. The molecule has 1 aromatic carbocycles. The van der Waals surface area contributed by atoms with Crippen LogP contribution in [0.15, 0.2) is 36.7 Å². The molecular weight excluding hydrogens is 420 g/mol. The van der Waals surface area contributed by atoms with Crippen LogP contribution in [0, 0.1) is 5.92 Å². The first-order valence-electron chi connectivity index (χ1n) is 13.8. The average Bonchev–Trinajstić information content (AvgIpc) is 3.39. The van der Waals surface area contributed by atoms with Crippen molar-refractivity contribution in [2.24, 2.45) is 5.92 Å². The van der Waals surface area contributed by atoms with E-state index < -0.39 is 0 Å². The fourth-order valence-corrected chi connectivity index (χ4v) is 4.93. The molecule has 34 heavy (non-hydrogen) atoms. The molecule has 186 valence electrons. The Balaban J connectivity index is 1.30. The highest BCUT2D eigenvalue weighted by Gasteiger charge is 2.14. The first-order chi connectivity index (χ1) is 16.8. The van der Waals surface area contributed by atoms with E-state index in [1.165, 1.54) is 89.0 Å².